The van der Waals surface area contributed by atoms with Gasteiger partial charge >= 0.3 is 0 Å². The van der Waals surface area contributed by atoms with Crippen molar-refractivity contribution in [1.82, 2.24) is 5.32 Å². The molecule has 3 nitrogen and oxygen atoms in total. The third-order valence-corrected chi connectivity index (χ3v) is 4.71. The van der Waals surface area contributed by atoms with Crippen LogP contribution < -0.4 is 10.1 Å². The average molecular weight is 326 g/mol. The zero-order valence-corrected chi connectivity index (χ0v) is 12.8. The van der Waals surface area contributed by atoms with Gasteiger partial charge < -0.3 is 14.8 Å². The normalized spacial score (nSPS) is 30.5. The Labute approximate surface area is 122 Å². The Morgan fingerprint density at radius 1 is 1.32 bits per heavy atom. The van der Waals surface area contributed by atoms with Gasteiger partial charge in [-0.25, -0.2) is 0 Å². The second-order valence-corrected chi connectivity index (χ2v) is 6.39. The molecule has 1 N–H and O–H groups in total. The van der Waals surface area contributed by atoms with Gasteiger partial charge in [-0.15, -0.1) is 0 Å². The molecule has 1 aromatic rings. The molecule has 3 rings (SSSR count). The molecule has 2 heterocycles. The van der Waals surface area contributed by atoms with E-state index >= 15 is 0 Å². The van der Waals surface area contributed by atoms with E-state index in [1.807, 2.05) is 7.05 Å². The van der Waals surface area contributed by atoms with Crippen LogP contribution in [0.1, 0.15) is 37.3 Å². The summed E-state index contributed by atoms with van der Waals surface area (Å²) < 4.78 is 13.1. The topological polar surface area (TPSA) is 30.5 Å². The molecule has 2 aliphatic rings. The van der Waals surface area contributed by atoms with Gasteiger partial charge in [0.15, 0.2) is 0 Å². The molecule has 2 aliphatic heterocycles. The van der Waals surface area contributed by atoms with Gasteiger partial charge in [-0.1, -0.05) is 15.9 Å². The maximum atomic E-state index is 6.39. The molecule has 1 aromatic carbocycles. The standard InChI is InChI=1S/C15H20BrNO2/c1-17-13-10-15(5-2-7-18-8-6-15)19-14-4-3-11(16)9-12(13)14/h3-4,9,13,17H,2,5-8,10H2,1H3. The maximum Gasteiger partial charge on any atom is 0.125 e. The largest absolute Gasteiger partial charge is 0.487 e. The minimum atomic E-state index is -0.0506. The Morgan fingerprint density at radius 3 is 3.05 bits per heavy atom. The molecule has 0 amide bonds. The molecule has 0 bridgehead atoms. The van der Waals surface area contributed by atoms with Crippen LogP contribution in [0.5, 0.6) is 5.75 Å². The van der Waals surface area contributed by atoms with Crippen LogP contribution in [0.25, 0.3) is 0 Å². The quantitative estimate of drug-likeness (QED) is 0.858. The van der Waals surface area contributed by atoms with Crippen molar-refractivity contribution in [2.24, 2.45) is 0 Å². The van der Waals surface area contributed by atoms with Crippen LogP contribution in [0.4, 0.5) is 0 Å². The summed E-state index contributed by atoms with van der Waals surface area (Å²) in [7, 11) is 2.03. The van der Waals surface area contributed by atoms with Crippen molar-refractivity contribution in [3.8, 4) is 5.75 Å². The highest BCUT2D eigenvalue weighted by molar-refractivity contribution is 9.10. The Hall–Kier alpha value is -0.580. The number of rotatable bonds is 1. The van der Waals surface area contributed by atoms with Gasteiger partial charge in [-0.3, -0.25) is 0 Å². The van der Waals surface area contributed by atoms with Crippen LogP contribution in [-0.2, 0) is 4.74 Å². The Kier molecular flexibility index (Phi) is 3.83. The summed E-state index contributed by atoms with van der Waals surface area (Å²) in [5.74, 6) is 1.02. The van der Waals surface area contributed by atoms with Crippen molar-refractivity contribution in [1.29, 1.82) is 0 Å². The van der Waals surface area contributed by atoms with Crippen molar-refractivity contribution >= 4 is 15.9 Å². The number of benzene rings is 1. The van der Waals surface area contributed by atoms with Gasteiger partial charge in [0.1, 0.15) is 11.4 Å². The average Bonchev–Trinajstić information content (AvgIpc) is 2.64. The number of hydrogen-bond donors (Lipinski definition) is 1. The minimum absolute atomic E-state index is 0.0506. The van der Waals surface area contributed by atoms with Crippen LogP contribution >= 0.6 is 15.9 Å². The maximum absolute atomic E-state index is 6.39. The molecule has 2 atom stereocenters. The number of nitrogens with one attached hydrogen (secondary N) is 1. The Balaban J connectivity index is 1.94. The summed E-state index contributed by atoms with van der Waals surface area (Å²) in [5, 5.41) is 3.44. The number of ether oxygens (including phenoxy) is 2. The van der Waals surface area contributed by atoms with E-state index in [1.54, 1.807) is 0 Å². The SMILES string of the molecule is CNC1CC2(CCCOCC2)Oc2ccc(Br)cc21. The second-order valence-electron chi connectivity index (χ2n) is 5.48. The molecule has 0 aromatic heterocycles. The molecule has 1 fully saturated rings. The molecule has 104 valence electrons. The second kappa shape index (κ2) is 5.43. The fourth-order valence-electron chi connectivity index (χ4n) is 3.19. The lowest BCUT2D eigenvalue weighted by Gasteiger charge is -2.41. The first-order chi connectivity index (χ1) is 9.22. The van der Waals surface area contributed by atoms with Crippen LogP contribution in [0.2, 0.25) is 0 Å². The minimum Gasteiger partial charge on any atom is -0.487 e. The van der Waals surface area contributed by atoms with Crippen molar-refractivity contribution < 1.29 is 9.47 Å². The molecule has 0 aliphatic carbocycles. The molecule has 4 heteroatoms. The lowest BCUT2D eigenvalue weighted by atomic mass is 9.82. The van der Waals surface area contributed by atoms with Crippen molar-refractivity contribution in [3.05, 3.63) is 28.2 Å². The van der Waals surface area contributed by atoms with Gasteiger partial charge in [-0.2, -0.15) is 0 Å². The number of halogens is 1. The predicted molar refractivity (Wildman–Crippen MR) is 78.6 cm³/mol. The molecule has 19 heavy (non-hydrogen) atoms. The summed E-state index contributed by atoms with van der Waals surface area (Å²) in [6.07, 6.45) is 4.18. The fraction of sp³-hybridized carbons (Fsp3) is 0.600. The van der Waals surface area contributed by atoms with Crippen LogP contribution in [0, 0.1) is 0 Å². The summed E-state index contributed by atoms with van der Waals surface area (Å²) >= 11 is 3.54. The van der Waals surface area contributed by atoms with Crippen molar-refractivity contribution in [3.63, 3.8) is 0 Å². The van der Waals surface area contributed by atoms with E-state index in [4.69, 9.17) is 9.47 Å². The number of hydrogen-bond acceptors (Lipinski definition) is 3. The van der Waals surface area contributed by atoms with E-state index in [0.717, 1.165) is 49.1 Å². The number of fused-ring (bicyclic) bond motifs is 1. The zero-order valence-electron chi connectivity index (χ0n) is 11.2. The third kappa shape index (κ3) is 2.67. The lowest BCUT2D eigenvalue weighted by Crippen LogP contribution is -2.43. The van der Waals surface area contributed by atoms with Gasteiger partial charge in [-0.05, 0) is 38.1 Å². The smallest absolute Gasteiger partial charge is 0.125 e. The molecule has 1 saturated heterocycles. The molecule has 0 radical (unpaired) electrons. The van der Waals surface area contributed by atoms with E-state index < -0.39 is 0 Å². The highest BCUT2D eigenvalue weighted by atomic mass is 79.9. The molecule has 2 unspecified atom stereocenters. The molecular formula is C15H20BrNO2. The van der Waals surface area contributed by atoms with Gasteiger partial charge in [0.2, 0.25) is 0 Å². The first-order valence-electron chi connectivity index (χ1n) is 6.96. The fourth-order valence-corrected chi connectivity index (χ4v) is 3.57. The van der Waals surface area contributed by atoms with E-state index in [1.165, 1.54) is 5.56 Å². The summed E-state index contributed by atoms with van der Waals surface area (Å²) in [6.45, 7) is 1.67. The molecular weight excluding hydrogens is 306 g/mol. The monoisotopic (exact) mass is 325 g/mol. The first-order valence-corrected chi connectivity index (χ1v) is 7.75. The summed E-state index contributed by atoms with van der Waals surface area (Å²) in [5.41, 5.74) is 1.21. The summed E-state index contributed by atoms with van der Waals surface area (Å²) in [4.78, 5) is 0. The summed E-state index contributed by atoms with van der Waals surface area (Å²) in [6, 6.07) is 6.66. The van der Waals surface area contributed by atoms with E-state index in [0.29, 0.717) is 6.04 Å². The van der Waals surface area contributed by atoms with Crippen molar-refractivity contribution in [2.45, 2.75) is 37.3 Å². The van der Waals surface area contributed by atoms with E-state index in [-0.39, 0.29) is 5.60 Å². The van der Waals surface area contributed by atoms with E-state index in [2.05, 4.69) is 39.4 Å². The van der Waals surface area contributed by atoms with E-state index in [9.17, 15) is 0 Å². The Bertz CT molecular complexity index is 455. The zero-order chi connectivity index (χ0) is 13.3. The van der Waals surface area contributed by atoms with Crippen LogP contribution in [0.3, 0.4) is 0 Å². The molecule has 1 spiro atoms. The lowest BCUT2D eigenvalue weighted by molar-refractivity contribution is 0.0117. The van der Waals surface area contributed by atoms with Crippen LogP contribution in [-0.4, -0.2) is 25.9 Å². The Morgan fingerprint density at radius 2 is 2.21 bits per heavy atom. The van der Waals surface area contributed by atoms with Crippen molar-refractivity contribution in [2.75, 3.05) is 20.3 Å². The highest BCUT2D eigenvalue weighted by Crippen LogP contribution is 2.44. The van der Waals surface area contributed by atoms with Gasteiger partial charge in [0, 0.05) is 35.5 Å². The van der Waals surface area contributed by atoms with Gasteiger partial charge in [0.05, 0.1) is 6.61 Å². The predicted octanol–water partition coefficient (Wildman–Crippen LogP) is 3.43. The van der Waals surface area contributed by atoms with Crippen LogP contribution in [0.15, 0.2) is 22.7 Å². The van der Waals surface area contributed by atoms with Gasteiger partial charge in [0.25, 0.3) is 0 Å². The first kappa shape index (κ1) is 13.4. The highest BCUT2D eigenvalue weighted by Gasteiger charge is 2.40. The third-order valence-electron chi connectivity index (χ3n) is 4.22. The molecule has 0 saturated carbocycles.